The summed E-state index contributed by atoms with van der Waals surface area (Å²) >= 11 is 0. The van der Waals surface area contributed by atoms with E-state index in [0.29, 0.717) is 6.61 Å². The van der Waals surface area contributed by atoms with E-state index in [9.17, 15) is 5.11 Å². The predicted octanol–water partition coefficient (Wildman–Crippen LogP) is 1.99. The summed E-state index contributed by atoms with van der Waals surface area (Å²) in [7, 11) is 1.69. The zero-order valence-corrected chi connectivity index (χ0v) is 11.1. The van der Waals surface area contributed by atoms with Crippen LogP contribution in [0, 0.1) is 5.41 Å². The quantitative estimate of drug-likeness (QED) is 0.838. The van der Waals surface area contributed by atoms with E-state index >= 15 is 0 Å². The van der Waals surface area contributed by atoms with Crippen LogP contribution in [0.5, 0.6) is 5.75 Å². The lowest BCUT2D eigenvalue weighted by Crippen LogP contribution is -2.39. The molecule has 0 aromatic heterocycles. The normalized spacial score (nSPS) is 18.6. The number of rotatable bonds is 5. The molecular weight excluding hydrogens is 226 g/mol. The first-order valence-corrected chi connectivity index (χ1v) is 6.72. The average molecular weight is 249 g/mol. The first-order valence-electron chi connectivity index (χ1n) is 6.72. The zero-order valence-electron chi connectivity index (χ0n) is 11.1. The van der Waals surface area contributed by atoms with Crippen molar-refractivity contribution in [3.05, 3.63) is 29.8 Å². The Labute approximate surface area is 109 Å². The molecule has 1 aromatic carbocycles. The van der Waals surface area contributed by atoms with Gasteiger partial charge in [-0.3, -0.25) is 0 Å². The Morgan fingerprint density at radius 1 is 1.22 bits per heavy atom. The van der Waals surface area contributed by atoms with E-state index in [-0.39, 0.29) is 5.41 Å². The molecule has 1 saturated heterocycles. The number of aliphatic hydroxyl groups excluding tert-OH is 1. The molecule has 18 heavy (non-hydrogen) atoms. The molecule has 3 nitrogen and oxygen atoms in total. The molecule has 1 heterocycles. The van der Waals surface area contributed by atoms with Crippen LogP contribution in [-0.4, -0.2) is 31.9 Å². The molecule has 0 unspecified atom stereocenters. The van der Waals surface area contributed by atoms with Gasteiger partial charge >= 0.3 is 0 Å². The summed E-state index contributed by atoms with van der Waals surface area (Å²) in [6, 6.07) is 8.24. The van der Waals surface area contributed by atoms with Crippen molar-refractivity contribution in [2.24, 2.45) is 5.41 Å². The highest BCUT2D eigenvalue weighted by molar-refractivity contribution is 5.27. The van der Waals surface area contributed by atoms with Crippen molar-refractivity contribution < 1.29 is 9.84 Å². The maximum Gasteiger partial charge on any atom is 0.118 e. The van der Waals surface area contributed by atoms with Crippen molar-refractivity contribution in [2.75, 3.05) is 26.8 Å². The topological polar surface area (TPSA) is 41.5 Å². The van der Waals surface area contributed by atoms with Gasteiger partial charge in [0.1, 0.15) is 5.75 Å². The maximum atomic E-state index is 9.65. The van der Waals surface area contributed by atoms with Gasteiger partial charge in [0.15, 0.2) is 0 Å². The summed E-state index contributed by atoms with van der Waals surface area (Å²) in [5.74, 6) is 0.900. The minimum atomic E-state index is 0.130. The van der Waals surface area contributed by atoms with Gasteiger partial charge in [-0.1, -0.05) is 12.1 Å². The number of piperidine rings is 1. The number of hydrogen-bond donors (Lipinski definition) is 2. The van der Waals surface area contributed by atoms with E-state index in [4.69, 9.17) is 4.74 Å². The number of aliphatic hydroxyl groups is 1. The van der Waals surface area contributed by atoms with Crippen LogP contribution >= 0.6 is 0 Å². The summed E-state index contributed by atoms with van der Waals surface area (Å²) in [6.07, 6.45) is 4.27. The molecule has 100 valence electrons. The number of nitrogens with one attached hydrogen (secondary N) is 1. The van der Waals surface area contributed by atoms with Crippen molar-refractivity contribution in [1.82, 2.24) is 5.32 Å². The summed E-state index contributed by atoms with van der Waals surface area (Å²) in [5.41, 5.74) is 1.45. The summed E-state index contributed by atoms with van der Waals surface area (Å²) in [6.45, 7) is 2.37. The third-order valence-electron chi connectivity index (χ3n) is 4.10. The Kier molecular flexibility index (Phi) is 4.61. The lowest BCUT2D eigenvalue weighted by Gasteiger charge is -2.36. The molecule has 3 heteroatoms. The fraction of sp³-hybridized carbons (Fsp3) is 0.600. The van der Waals surface area contributed by atoms with Gasteiger partial charge < -0.3 is 15.2 Å². The SMILES string of the molecule is COc1ccc(CCC2(CO)CCNCC2)cc1. The summed E-state index contributed by atoms with van der Waals surface area (Å²) in [5, 5.41) is 13.0. The minimum absolute atomic E-state index is 0.130. The van der Waals surface area contributed by atoms with Gasteiger partial charge in [0, 0.05) is 6.61 Å². The number of ether oxygens (including phenoxy) is 1. The minimum Gasteiger partial charge on any atom is -0.497 e. The monoisotopic (exact) mass is 249 g/mol. The second-order valence-electron chi connectivity index (χ2n) is 5.26. The molecule has 0 atom stereocenters. The van der Waals surface area contributed by atoms with E-state index in [1.165, 1.54) is 5.56 Å². The molecule has 2 rings (SSSR count). The van der Waals surface area contributed by atoms with E-state index in [2.05, 4.69) is 17.4 Å². The van der Waals surface area contributed by atoms with E-state index in [1.807, 2.05) is 12.1 Å². The fourth-order valence-electron chi connectivity index (χ4n) is 2.65. The summed E-state index contributed by atoms with van der Waals surface area (Å²) in [4.78, 5) is 0. The fourth-order valence-corrected chi connectivity index (χ4v) is 2.65. The van der Waals surface area contributed by atoms with Crippen LogP contribution in [0.25, 0.3) is 0 Å². The Morgan fingerprint density at radius 3 is 2.44 bits per heavy atom. The molecule has 0 radical (unpaired) electrons. The van der Waals surface area contributed by atoms with Gasteiger partial charge in [-0.2, -0.15) is 0 Å². The molecule has 0 saturated carbocycles. The number of benzene rings is 1. The van der Waals surface area contributed by atoms with Crippen molar-refractivity contribution >= 4 is 0 Å². The van der Waals surface area contributed by atoms with Crippen molar-refractivity contribution in [3.8, 4) is 5.75 Å². The van der Waals surface area contributed by atoms with Crippen LogP contribution in [0.15, 0.2) is 24.3 Å². The van der Waals surface area contributed by atoms with Gasteiger partial charge in [0.05, 0.1) is 7.11 Å². The van der Waals surface area contributed by atoms with Gasteiger partial charge in [-0.15, -0.1) is 0 Å². The first kappa shape index (κ1) is 13.4. The third-order valence-corrected chi connectivity index (χ3v) is 4.10. The Morgan fingerprint density at radius 2 is 1.89 bits per heavy atom. The lowest BCUT2D eigenvalue weighted by atomic mass is 9.75. The van der Waals surface area contributed by atoms with Crippen LogP contribution < -0.4 is 10.1 Å². The van der Waals surface area contributed by atoms with E-state index in [0.717, 1.165) is 44.5 Å². The Bertz CT molecular complexity index is 355. The second-order valence-corrected chi connectivity index (χ2v) is 5.26. The van der Waals surface area contributed by atoms with Crippen LogP contribution in [0.2, 0.25) is 0 Å². The Balaban J connectivity index is 1.92. The molecule has 1 aliphatic rings. The second kappa shape index (κ2) is 6.21. The maximum absolute atomic E-state index is 9.65. The van der Waals surface area contributed by atoms with Crippen molar-refractivity contribution in [3.63, 3.8) is 0 Å². The van der Waals surface area contributed by atoms with Crippen LogP contribution in [0.1, 0.15) is 24.8 Å². The largest absolute Gasteiger partial charge is 0.497 e. The third kappa shape index (κ3) is 3.24. The number of aryl methyl sites for hydroxylation is 1. The lowest BCUT2D eigenvalue weighted by molar-refractivity contribution is 0.0806. The molecule has 0 spiro atoms. The molecule has 0 amide bonds. The highest BCUT2D eigenvalue weighted by Crippen LogP contribution is 2.33. The molecule has 1 aromatic rings. The molecule has 0 bridgehead atoms. The standard InChI is InChI=1S/C15H23NO2/c1-18-14-4-2-13(3-5-14)6-7-15(12-17)8-10-16-11-9-15/h2-5,16-17H,6-12H2,1H3. The summed E-state index contributed by atoms with van der Waals surface area (Å²) < 4.78 is 5.16. The van der Waals surface area contributed by atoms with Crippen LogP contribution in [0.3, 0.4) is 0 Å². The predicted molar refractivity (Wildman–Crippen MR) is 72.9 cm³/mol. The van der Waals surface area contributed by atoms with Gasteiger partial charge in [0.25, 0.3) is 0 Å². The molecule has 0 aliphatic carbocycles. The zero-order chi connectivity index (χ0) is 12.8. The highest BCUT2D eigenvalue weighted by atomic mass is 16.5. The van der Waals surface area contributed by atoms with Crippen molar-refractivity contribution in [2.45, 2.75) is 25.7 Å². The average Bonchev–Trinajstić information content (AvgIpc) is 2.47. The van der Waals surface area contributed by atoms with Crippen LogP contribution in [-0.2, 0) is 6.42 Å². The molecule has 1 aliphatic heterocycles. The number of methoxy groups -OCH3 is 1. The number of hydrogen-bond acceptors (Lipinski definition) is 3. The molecule has 2 N–H and O–H groups in total. The van der Waals surface area contributed by atoms with E-state index in [1.54, 1.807) is 7.11 Å². The van der Waals surface area contributed by atoms with Gasteiger partial charge in [-0.05, 0) is 61.9 Å². The smallest absolute Gasteiger partial charge is 0.118 e. The highest BCUT2D eigenvalue weighted by Gasteiger charge is 2.30. The molecular formula is C15H23NO2. The van der Waals surface area contributed by atoms with Crippen LogP contribution in [0.4, 0.5) is 0 Å². The molecule has 1 fully saturated rings. The Hall–Kier alpha value is -1.06. The van der Waals surface area contributed by atoms with Gasteiger partial charge in [-0.25, -0.2) is 0 Å². The first-order chi connectivity index (χ1) is 8.78. The van der Waals surface area contributed by atoms with E-state index < -0.39 is 0 Å². The van der Waals surface area contributed by atoms with Crippen molar-refractivity contribution in [1.29, 1.82) is 0 Å². The van der Waals surface area contributed by atoms with Gasteiger partial charge in [0.2, 0.25) is 0 Å².